The molecule has 4 aromatic rings. The average Bonchev–Trinajstić information content (AvgIpc) is 3.31. The van der Waals surface area contributed by atoms with Crippen molar-refractivity contribution in [3.8, 4) is 5.69 Å². The molecule has 202 valence electrons. The van der Waals surface area contributed by atoms with Crippen molar-refractivity contribution in [2.24, 2.45) is 0 Å². The van der Waals surface area contributed by atoms with Gasteiger partial charge in [0.25, 0.3) is 5.91 Å². The molecule has 0 unspecified atom stereocenters. The molecule has 0 bridgehead atoms. The smallest absolute Gasteiger partial charge is 0.251 e. The van der Waals surface area contributed by atoms with Gasteiger partial charge < -0.3 is 10.6 Å². The van der Waals surface area contributed by atoms with Gasteiger partial charge in [0, 0.05) is 21.4 Å². The van der Waals surface area contributed by atoms with E-state index in [1.54, 1.807) is 0 Å². The number of anilines is 1. The molecule has 3 aromatic carbocycles. The van der Waals surface area contributed by atoms with Crippen LogP contribution >= 0.6 is 27.7 Å². The lowest BCUT2D eigenvalue weighted by atomic mass is 9.87. The third-order valence-electron chi connectivity index (χ3n) is 6.20. The van der Waals surface area contributed by atoms with Crippen molar-refractivity contribution in [2.75, 3.05) is 11.1 Å². The summed E-state index contributed by atoms with van der Waals surface area (Å²) in [6, 6.07) is 21.3. The summed E-state index contributed by atoms with van der Waals surface area (Å²) in [7, 11) is 0. The van der Waals surface area contributed by atoms with Crippen LogP contribution in [0.3, 0.4) is 0 Å². The number of nitrogens with one attached hydrogen (secondary N) is 2. The molecule has 39 heavy (non-hydrogen) atoms. The molecule has 2 N–H and O–H groups in total. The molecule has 0 saturated carbocycles. The average molecular weight is 607 g/mol. The standard InChI is InChI=1S/C30H32BrN5O2S/c1-19-6-7-20(2)25(16-19)33-27(37)18-39-29-35-34-26(36(29)24-14-12-23(31)13-15-24)17-32-28(38)21-8-10-22(11-9-21)30(3,4)5/h6-16H,17-18H2,1-5H3,(H,32,38)(H,33,37). The monoisotopic (exact) mass is 605 g/mol. The van der Waals surface area contributed by atoms with Crippen LogP contribution in [0.1, 0.15) is 53.6 Å². The fourth-order valence-electron chi connectivity index (χ4n) is 3.93. The van der Waals surface area contributed by atoms with E-state index in [0.29, 0.717) is 16.5 Å². The van der Waals surface area contributed by atoms with E-state index >= 15 is 0 Å². The normalized spacial score (nSPS) is 11.3. The molecule has 1 heterocycles. The van der Waals surface area contributed by atoms with Gasteiger partial charge in [0.2, 0.25) is 5.91 Å². The van der Waals surface area contributed by atoms with Gasteiger partial charge in [-0.25, -0.2) is 0 Å². The van der Waals surface area contributed by atoms with Crippen LogP contribution in [0.5, 0.6) is 0 Å². The largest absolute Gasteiger partial charge is 0.345 e. The Kier molecular flexibility index (Phi) is 8.92. The molecular formula is C30H32BrN5O2S. The van der Waals surface area contributed by atoms with Crippen LogP contribution in [0.25, 0.3) is 5.69 Å². The Hall–Kier alpha value is -3.43. The van der Waals surface area contributed by atoms with Gasteiger partial charge in [-0.05, 0) is 78.4 Å². The van der Waals surface area contributed by atoms with Crippen molar-refractivity contribution >= 4 is 45.2 Å². The minimum atomic E-state index is -0.192. The predicted molar refractivity (Wildman–Crippen MR) is 161 cm³/mol. The third kappa shape index (κ3) is 7.36. The fourth-order valence-corrected chi connectivity index (χ4v) is 4.96. The molecule has 0 saturated heterocycles. The molecule has 7 nitrogen and oxygen atoms in total. The molecule has 0 aliphatic rings. The highest BCUT2D eigenvalue weighted by atomic mass is 79.9. The van der Waals surface area contributed by atoms with E-state index in [9.17, 15) is 9.59 Å². The SMILES string of the molecule is Cc1ccc(C)c(NC(=O)CSc2nnc(CNC(=O)c3ccc(C(C)(C)C)cc3)n2-c2ccc(Br)cc2)c1. The van der Waals surface area contributed by atoms with Crippen molar-refractivity contribution < 1.29 is 9.59 Å². The number of thioether (sulfide) groups is 1. The molecule has 0 spiro atoms. The highest BCUT2D eigenvalue weighted by Gasteiger charge is 2.18. The summed E-state index contributed by atoms with van der Waals surface area (Å²) in [6.07, 6.45) is 0. The Labute approximate surface area is 241 Å². The van der Waals surface area contributed by atoms with E-state index in [1.807, 2.05) is 85.1 Å². The highest BCUT2D eigenvalue weighted by molar-refractivity contribution is 9.10. The Morgan fingerprint density at radius 3 is 2.31 bits per heavy atom. The van der Waals surface area contributed by atoms with Crippen LogP contribution in [0.2, 0.25) is 0 Å². The van der Waals surface area contributed by atoms with Crippen LogP contribution in [0.4, 0.5) is 5.69 Å². The first-order chi connectivity index (χ1) is 18.5. The molecule has 0 fully saturated rings. The Morgan fingerprint density at radius 2 is 1.64 bits per heavy atom. The van der Waals surface area contributed by atoms with Crippen molar-refractivity contribution in [1.82, 2.24) is 20.1 Å². The van der Waals surface area contributed by atoms with Crippen molar-refractivity contribution in [1.29, 1.82) is 0 Å². The summed E-state index contributed by atoms with van der Waals surface area (Å²) in [5.41, 5.74) is 5.47. The number of hydrogen-bond donors (Lipinski definition) is 2. The van der Waals surface area contributed by atoms with Crippen LogP contribution in [0.15, 0.2) is 76.4 Å². The molecule has 0 radical (unpaired) electrons. The summed E-state index contributed by atoms with van der Waals surface area (Å²) in [5, 5.41) is 15.2. The van der Waals surface area contributed by atoms with Crippen molar-refractivity contribution in [2.45, 2.75) is 51.7 Å². The quantitative estimate of drug-likeness (QED) is 0.221. The Morgan fingerprint density at radius 1 is 0.949 bits per heavy atom. The minimum absolute atomic E-state index is 0.0138. The van der Waals surface area contributed by atoms with E-state index in [-0.39, 0.29) is 29.5 Å². The maximum absolute atomic E-state index is 12.9. The number of aromatic nitrogens is 3. The number of amides is 2. The predicted octanol–water partition coefficient (Wildman–Crippen LogP) is 6.60. The number of aryl methyl sites for hydroxylation is 2. The summed E-state index contributed by atoms with van der Waals surface area (Å²) in [4.78, 5) is 25.6. The van der Waals surface area contributed by atoms with Gasteiger partial charge >= 0.3 is 0 Å². The second kappa shape index (κ2) is 12.2. The number of benzene rings is 3. The molecule has 0 aliphatic carbocycles. The van der Waals surface area contributed by atoms with E-state index in [2.05, 4.69) is 57.5 Å². The number of rotatable bonds is 8. The van der Waals surface area contributed by atoms with Gasteiger partial charge in [-0.1, -0.05) is 72.7 Å². The lowest BCUT2D eigenvalue weighted by Gasteiger charge is -2.19. The van der Waals surface area contributed by atoms with Crippen molar-refractivity contribution in [3.05, 3.63) is 99.3 Å². The van der Waals surface area contributed by atoms with Crippen LogP contribution in [-0.4, -0.2) is 32.3 Å². The summed E-state index contributed by atoms with van der Waals surface area (Å²) in [5.74, 6) is 0.402. The Balaban J connectivity index is 1.49. The van der Waals surface area contributed by atoms with Gasteiger partial charge in [0.1, 0.15) is 0 Å². The topological polar surface area (TPSA) is 88.9 Å². The van der Waals surface area contributed by atoms with Gasteiger partial charge in [-0.15, -0.1) is 10.2 Å². The van der Waals surface area contributed by atoms with Gasteiger partial charge in [-0.2, -0.15) is 0 Å². The lowest BCUT2D eigenvalue weighted by molar-refractivity contribution is -0.113. The molecule has 0 atom stereocenters. The zero-order valence-electron chi connectivity index (χ0n) is 22.7. The van der Waals surface area contributed by atoms with Crippen LogP contribution in [-0.2, 0) is 16.8 Å². The highest BCUT2D eigenvalue weighted by Crippen LogP contribution is 2.25. The number of hydrogen-bond acceptors (Lipinski definition) is 5. The molecule has 0 aliphatic heterocycles. The number of nitrogens with zero attached hydrogens (tertiary/aromatic N) is 3. The molecule has 9 heteroatoms. The molecule has 2 amide bonds. The van der Waals surface area contributed by atoms with Gasteiger partial charge in [-0.3, -0.25) is 14.2 Å². The summed E-state index contributed by atoms with van der Waals surface area (Å²) < 4.78 is 2.81. The van der Waals surface area contributed by atoms with E-state index in [1.165, 1.54) is 11.8 Å². The van der Waals surface area contributed by atoms with Crippen LogP contribution in [0, 0.1) is 13.8 Å². The first kappa shape index (κ1) is 28.6. The van der Waals surface area contributed by atoms with Crippen LogP contribution < -0.4 is 10.6 Å². The number of carbonyl (C=O) groups excluding carboxylic acids is 2. The third-order valence-corrected chi connectivity index (χ3v) is 7.66. The Bertz CT molecular complexity index is 1470. The molecule has 4 rings (SSSR count). The summed E-state index contributed by atoms with van der Waals surface area (Å²) in [6.45, 7) is 10.6. The first-order valence-corrected chi connectivity index (χ1v) is 14.4. The minimum Gasteiger partial charge on any atom is -0.345 e. The second-order valence-electron chi connectivity index (χ2n) is 10.4. The van der Waals surface area contributed by atoms with E-state index in [4.69, 9.17) is 0 Å². The zero-order valence-corrected chi connectivity index (χ0v) is 25.1. The number of carbonyl (C=O) groups is 2. The van der Waals surface area contributed by atoms with Crippen molar-refractivity contribution in [3.63, 3.8) is 0 Å². The number of halogens is 1. The second-order valence-corrected chi connectivity index (χ2v) is 12.2. The van der Waals surface area contributed by atoms with E-state index < -0.39 is 0 Å². The van der Waals surface area contributed by atoms with Gasteiger partial charge in [0.15, 0.2) is 11.0 Å². The molecule has 1 aromatic heterocycles. The summed E-state index contributed by atoms with van der Waals surface area (Å²) >= 11 is 4.77. The molecular weight excluding hydrogens is 574 g/mol. The first-order valence-electron chi connectivity index (χ1n) is 12.6. The lowest BCUT2D eigenvalue weighted by Crippen LogP contribution is -2.25. The maximum atomic E-state index is 12.9. The maximum Gasteiger partial charge on any atom is 0.251 e. The zero-order chi connectivity index (χ0) is 28.2. The fraction of sp³-hybridized carbons (Fsp3) is 0.267. The van der Waals surface area contributed by atoms with Gasteiger partial charge in [0.05, 0.1) is 12.3 Å². The van der Waals surface area contributed by atoms with E-state index in [0.717, 1.165) is 32.5 Å².